The summed E-state index contributed by atoms with van der Waals surface area (Å²) in [6.07, 6.45) is 5.80. The van der Waals surface area contributed by atoms with E-state index in [1.165, 1.54) is 25.7 Å². The molecule has 1 atom stereocenters. The molecule has 1 unspecified atom stereocenters. The molecule has 0 saturated heterocycles. The molecule has 0 heterocycles. The van der Waals surface area contributed by atoms with Gasteiger partial charge in [-0.25, -0.2) is 0 Å². The molecule has 0 bridgehead atoms. The fourth-order valence-electron chi connectivity index (χ4n) is 1.64. The first kappa shape index (κ1) is 9.04. The molecule has 1 N–H and O–H groups in total. The minimum Gasteiger partial charge on any atom is -0.480 e. The highest BCUT2D eigenvalue weighted by atomic mass is 79.9. The molecule has 3 heteroatoms. The summed E-state index contributed by atoms with van der Waals surface area (Å²) in [6.45, 7) is 0. The van der Waals surface area contributed by atoms with Crippen molar-refractivity contribution in [1.29, 1.82) is 0 Å². The Morgan fingerprint density at radius 2 is 2.09 bits per heavy atom. The van der Waals surface area contributed by atoms with Crippen molar-refractivity contribution in [3.8, 4) is 0 Å². The number of aliphatic carboxylic acids is 1. The van der Waals surface area contributed by atoms with Gasteiger partial charge in [0.05, 0.1) is 0 Å². The summed E-state index contributed by atoms with van der Waals surface area (Å²) in [6, 6.07) is 0. The molecule has 0 aromatic carbocycles. The molecule has 1 aliphatic rings. The van der Waals surface area contributed by atoms with Gasteiger partial charge in [0.2, 0.25) is 0 Å². The molecule has 1 saturated carbocycles. The van der Waals surface area contributed by atoms with E-state index >= 15 is 0 Å². The van der Waals surface area contributed by atoms with E-state index in [9.17, 15) is 4.79 Å². The predicted octanol–water partition coefficient (Wildman–Crippen LogP) is 2.41. The number of carboxylic acids is 1. The molecule has 2 nitrogen and oxygen atoms in total. The van der Waals surface area contributed by atoms with Gasteiger partial charge >= 0.3 is 5.97 Å². The van der Waals surface area contributed by atoms with E-state index in [0.29, 0.717) is 5.92 Å². The Morgan fingerprint density at radius 1 is 1.55 bits per heavy atom. The third-order valence-electron chi connectivity index (χ3n) is 2.28. The van der Waals surface area contributed by atoms with Crippen molar-refractivity contribution in [3.63, 3.8) is 0 Å². The quantitative estimate of drug-likeness (QED) is 0.743. The number of carboxylic acid groups (broad SMARTS) is 1. The summed E-state index contributed by atoms with van der Waals surface area (Å²) >= 11 is 3.15. The zero-order chi connectivity index (χ0) is 8.27. The highest BCUT2D eigenvalue weighted by molar-refractivity contribution is 9.10. The van der Waals surface area contributed by atoms with Crippen molar-refractivity contribution in [3.05, 3.63) is 0 Å². The zero-order valence-electron chi connectivity index (χ0n) is 6.42. The Kier molecular flexibility index (Phi) is 3.37. The first-order valence-electron chi connectivity index (χ1n) is 4.07. The third-order valence-corrected chi connectivity index (χ3v) is 3.05. The lowest BCUT2D eigenvalue weighted by Crippen LogP contribution is -2.15. The summed E-state index contributed by atoms with van der Waals surface area (Å²) in [5.74, 6) is -0.0765. The van der Waals surface area contributed by atoms with Gasteiger partial charge in [-0.05, 0) is 12.3 Å². The molecule has 1 rings (SSSR count). The van der Waals surface area contributed by atoms with Gasteiger partial charge in [0.15, 0.2) is 0 Å². The number of rotatable bonds is 3. The zero-order valence-corrected chi connectivity index (χ0v) is 8.01. The van der Waals surface area contributed by atoms with Crippen LogP contribution in [0.25, 0.3) is 0 Å². The summed E-state index contributed by atoms with van der Waals surface area (Å²) in [5, 5.41) is 8.60. The second kappa shape index (κ2) is 4.10. The summed E-state index contributed by atoms with van der Waals surface area (Å²) in [5.41, 5.74) is 0. The van der Waals surface area contributed by atoms with Gasteiger partial charge in [0.25, 0.3) is 0 Å². The molecule has 11 heavy (non-hydrogen) atoms. The Bertz CT molecular complexity index is 141. The molecule has 1 fully saturated rings. The second-order valence-corrected chi connectivity index (χ2v) is 4.30. The van der Waals surface area contributed by atoms with Crippen LogP contribution in [-0.2, 0) is 4.79 Å². The van der Waals surface area contributed by atoms with Crippen LogP contribution in [0.2, 0.25) is 0 Å². The van der Waals surface area contributed by atoms with Gasteiger partial charge in [0, 0.05) is 0 Å². The topological polar surface area (TPSA) is 37.3 Å². The van der Waals surface area contributed by atoms with Gasteiger partial charge in [0.1, 0.15) is 4.83 Å². The number of carbonyl (C=O) groups is 1. The normalized spacial score (nSPS) is 21.9. The summed E-state index contributed by atoms with van der Waals surface area (Å²) in [7, 11) is 0. The van der Waals surface area contributed by atoms with E-state index in [1.807, 2.05) is 0 Å². The Morgan fingerprint density at radius 3 is 2.55 bits per heavy atom. The van der Waals surface area contributed by atoms with Gasteiger partial charge in [-0.2, -0.15) is 0 Å². The van der Waals surface area contributed by atoms with Crippen LogP contribution in [0, 0.1) is 5.92 Å². The second-order valence-electron chi connectivity index (χ2n) is 3.19. The largest absolute Gasteiger partial charge is 0.480 e. The fourth-order valence-corrected chi connectivity index (χ4v) is 2.17. The molecule has 0 radical (unpaired) electrons. The lowest BCUT2D eigenvalue weighted by atomic mass is 10.0. The van der Waals surface area contributed by atoms with Crippen LogP contribution in [0.15, 0.2) is 0 Å². The van der Waals surface area contributed by atoms with E-state index < -0.39 is 5.97 Å². The average Bonchev–Trinajstić information content (AvgIpc) is 2.39. The van der Waals surface area contributed by atoms with E-state index in [-0.39, 0.29) is 4.83 Å². The summed E-state index contributed by atoms with van der Waals surface area (Å²) in [4.78, 5) is 10.1. The molecule has 0 aromatic heterocycles. The first-order valence-corrected chi connectivity index (χ1v) is 4.98. The fraction of sp³-hybridized carbons (Fsp3) is 0.875. The standard InChI is InChI=1S/C8H13BrO2/c9-7(8(10)11)5-6-3-1-2-4-6/h6-7H,1-5H2,(H,10,11). The molecular weight excluding hydrogens is 208 g/mol. The molecule has 64 valence electrons. The van der Waals surface area contributed by atoms with Crippen molar-refractivity contribution in [1.82, 2.24) is 0 Å². The predicted molar refractivity (Wildman–Crippen MR) is 46.9 cm³/mol. The Balaban J connectivity index is 2.23. The number of alkyl halides is 1. The molecule has 0 aromatic rings. The van der Waals surface area contributed by atoms with Crippen molar-refractivity contribution < 1.29 is 9.90 Å². The van der Waals surface area contributed by atoms with Crippen LogP contribution >= 0.6 is 15.9 Å². The summed E-state index contributed by atoms with van der Waals surface area (Å²) < 4.78 is 0. The van der Waals surface area contributed by atoms with E-state index in [4.69, 9.17) is 5.11 Å². The lowest BCUT2D eigenvalue weighted by molar-refractivity contribution is -0.136. The monoisotopic (exact) mass is 220 g/mol. The van der Waals surface area contributed by atoms with Gasteiger partial charge in [-0.15, -0.1) is 0 Å². The van der Waals surface area contributed by atoms with Crippen LogP contribution in [0.4, 0.5) is 0 Å². The molecule has 0 aliphatic heterocycles. The number of halogens is 1. The Hall–Kier alpha value is -0.0500. The van der Waals surface area contributed by atoms with Gasteiger partial charge in [-0.1, -0.05) is 41.6 Å². The van der Waals surface area contributed by atoms with Crippen LogP contribution in [-0.4, -0.2) is 15.9 Å². The van der Waals surface area contributed by atoms with E-state index in [1.54, 1.807) is 0 Å². The maximum Gasteiger partial charge on any atom is 0.317 e. The first-order chi connectivity index (χ1) is 5.20. The van der Waals surface area contributed by atoms with Crippen LogP contribution in [0.1, 0.15) is 32.1 Å². The smallest absolute Gasteiger partial charge is 0.317 e. The van der Waals surface area contributed by atoms with Gasteiger partial charge in [-0.3, -0.25) is 4.79 Å². The minimum absolute atomic E-state index is 0.328. The van der Waals surface area contributed by atoms with Crippen molar-refractivity contribution in [2.75, 3.05) is 0 Å². The SMILES string of the molecule is O=C(O)C(Br)CC1CCCC1. The third kappa shape index (κ3) is 2.81. The number of hydrogen-bond donors (Lipinski definition) is 1. The van der Waals surface area contributed by atoms with E-state index in [0.717, 1.165) is 6.42 Å². The van der Waals surface area contributed by atoms with Gasteiger partial charge < -0.3 is 5.11 Å². The Labute approximate surface area is 75.1 Å². The highest BCUT2D eigenvalue weighted by Gasteiger charge is 2.22. The van der Waals surface area contributed by atoms with Crippen LogP contribution in [0.3, 0.4) is 0 Å². The maximum atomic E-state index is 10.4. The molecule has 0 amide bonds. The highest BCUT2D eigenvalue weighted by Crippen LogP contribution is 2.30. The maximum absolute atomic E-state index is 10.4. The van der Waals surface area contributed by atoms with Crippen LogP contribution < -0.4 is 0 Å². The van der Waals surface area contributed by atoms with E-state index in [2.05, 4.69) is 15.9 Å². The van der Waals surface area contributed by atoms with Crippen molar-refractivity contribution >= 4 is 21.9 Å². The minimum atomic E-state index is -0.725. The van der Waals surface area contributed by atoms with Crippen molar-refractivity contribution in [2.24, 2.45) is 5.92 Å². The van der Waals surface area contributed by atoms with Crippen molar-refractivity contribution in [2.45, 2.75) is 36.9 Å². The molecule has 1 aliphatic carbocycles. The van der Waals surface area contributed by atoms with Crippen LogP contribution in [0.5, 0.6) is 0 Å². The molecule has 0 spiro atoms. The molecular formula is C8H13BrO2. The average molecular weight is 221 g/mol. The number of hydrogen-bond acceptors (Lipinski definition) is 1. The lowest BCUT2D eigenvalue weighted by Gasteiger charge is -2.09.